The van der Waals surface area contributed by atoms with E-state index >= 15 is 0 Å². The molecule has 0 aromatic heterocycles. The third-order valence-electron chi connectivity index (χ3n) is 3.06. The van der Waals surface area contributed by atoms with Crippen molar-refractivity contribution in [3.8, 4) is 0 Å². The highest BCUT2D eigenvalue weighted by atomic mass is 35.5. The topological polar surface area (TPSA) is 49.3 Å². The van der Waals surface area contributed by atoms with E-state index in [-0.39, 0.29) is 17.5 Å². The Morgan fingerprint density at radius 3 is 2.67 bits per heavy atom. The molecule has 1 atom stereocenters. The van der Waals surface area contributed by atoms with Crippen molar-refractivity contribution in [2.45, 2.75) is 32.2 Å². The summed E-state index contributed by atoms with van der Waals surface area (Å²) in [4.78, 5) is 12.1. The number of carbonyl (C=O) groups is 1. The van der Waals surface area contributed by atoms with Crippen LogP contribution in [0.1, 0.15) is 37.0 Å². The van der Waals surface area contributed by atoms with Gasteiger partial charge in [0, 0.05) is 12.1 Å². The molecule has 0 radical (unpaired) electrons. The van der Waals surface area contributed by atoms with Crippen molar-refractivity contribution >= 4 is 29.1 Å². The molecule has 0 aliphatic carbocycles. The van der Waals surface area contributed by atoms with Crippen molar-refractivity contribution in [1.29, 1.82) is 0 Å². The van der Waals surface area contributed by atoms with Gasteiger partial charge >= 0.3 is 0 Å². The van der Waals surface area contributed by atoms with Crippen molar-refractivity contribution in [3.63, 3.8) is 0 Å². The van der Waals surface area contributed by atoms with Crippen LogP contribution < -0.4 is 5.32 Å². The zero-order chi connectivity index (χ0) is 13.8. The standard InChI is InChI=1S/C13H17Cl2NO2/c1-3-13(2,7-8-17)16-12(18)9-5-4-6-10(14)11(9)15/h4-6,17H,3,7-8H2,1-2H3,(H,16,18). The van der Waals surface area contributed by atoms with Gasteiger partial charge in [0.2, 0.25) is 0 Å². The molecule has 18 heavy (non-hydrogen) atoms. The monoisotopic (exact) mass is 289 g/mol. The van der Waals surface area contributed by atoms with Crippen LogP contribution >= 0.6 is 23.2 Å². The molecule has 1 aromatic carbocycles. The Hall–Kier alpha value is -0.770. The quantitative estimate of drug-likeness (QED) is 0.874. The number of hydrogen-bond donors (Lipinski definition) is 2. The molecule has 0 saturated heterocycles. The number of hydrogen-bond acceptors (Lipinski definition) is 2. The molecule has 1 amide bonds. The van der Waals surface area contributed by atoms with Gasteiger partial charge in [0.15, 0.2) is 0 Å². The largest absolute Gasteiger partial charge is 0.396 e. The molecular formula is C13H17Cl2NO2. The summed E-state index contributed by atoms with van der Waals surface area (Å²) >= 11 is 11.9. The molecule has 5 heteroatoms. The Balaban J connectivity index is 2.91. The summed E-state index contributed by atoms with van der Waals surface area (Å²) in [5.74, 6) is -0.277. The van der Waals surface area contributed by atoms with Crippen LogP contribution in [0.5, 0.6) is 0 Å². The molecular weight excluding hydrogens is 273 g/mol. The Morgan fingerprint density at radius 2 is 2.11 bits per heavy atom. The normalized spacial score (nSPS) is 14.1. The number of benzene rings is 1. The predicted octanol–water partition coefficient (Wildman–Crippen LogP) is 3.27. The van der Waals surface area contributed by atoms with E-state index in [1.165, 1.54) is 0 Å². The Morgan fingerprint density at radius 1 is 1.44 bits per heavy atom. The summed E-state index contributed by atoms with van der Waals surface area (Å²) in [5.41, 5.74) is -0.0981. The van der Waals surface area contributed by atoms with Crippen molar-refractivity contribution in [2.24, 2.45) is 0 Å². The second kappa shape index (κ2) is 6.41. The molecule has 0 bridgehead atoms. The number of aliphatic hydroxyl groups is 1. The fourth-order valence-electron chi connectivity index (χ4n) is 1.60. The first kappa shape index (κ1) is 15.3. The lowest BCUT2D eigenvalue weighted by Gasteiger charge is -2.29. The second-order valence-electron chi connectivity index (χ2n) is 4.44. The number of nitrogens with one attached hydrogen (secondary N) is 1. The van der Waals surface area contributed by atoms with Crippen molar-refractivity contribution in [3.05, 3.63) is 33.8 Å². The molecule has 1 aromatic rings. The van der Waals surface area contributed by atoms with Crippen LogP contribution in [0, 0.1) is 0 Å². The maximum Gasteiger partial charge on any atom is 0.253 e. The third kappa shape index (κ3) is 3.61. The molecule has 2 N–H and O–H groups in total. The number of halogens is 2. The molecule has 0 saturated carbocycles. The van der Waals surface area contributed by atoms with Gasteiger partial charge in [-0.25, -0.2) is 0 Å². The maximum atomic E-state index is 12.1. The van der Waals surface area contributed by atoms with Crippen LogP contribution in [-0.2, 0) is 0 Å². The van der Waals surface area contributed by atoms with Gasteiger partial charge in [0.25, 0.3) is 5.91 Å². The number of amides is 1. The van der Waals surface area contributed by atoms with Crippen molar-refractivity contribution in [1.82, 2.24) is 5.32 Å². The van der Waals surface area contributed by atoms with Gasteiger partial charge in [-0.15, -0.1) is 0 Å². The van der Waals surface area contributed by atoms with E-state index in [2.05, 4.69) is 5.32 Å². The van der Waals surface area contributed by atoms with E-state index in [1.54, 1.807) is 18.2 Å². The molecule has 0 aliphatic heterocycles. The number of carbonyl (C=O) groups excluding carboxylic acids is 1. The van der Waals surface area contributed by atoms with Gasteiger partial charge in [-0.2, -0.15) is 0 Å². The highest BCUT2D eigenvalue weighted by molar-refractivity contribution is 6.43. The minimum Gasteiger partial charge on any atom is -0.396 e. The summed E-state index contributed by atoms with van der Waals surface area (Å²) in [6.45, 7) is 3.86. The second-order valence-corrected chi connectivity index (χ2v) is 5.23. The third-order valence-corrected chi connectivity index (χ3v) is 3.87. The minimum atomic E-state index is -0.447. The molecule has 0 fully saturated rings. The van der Waals surface area contributed by atoms with Crippen LogP contribution in [0.2, 0.25) is 10.0 Å². The van der Waals surface area contributed by atoms with Crippen molar-refractivity contribution < 1.29 is 9.90 Å². The van der Waals surface area contributed by atoms with E-state index in [0.717, 1.165) is 6.42 Å². The van der Waals surface area contributed by atoms with E-state index in [1.807, 2.05) is 13.8 Å². The van der Waals surface area contributed by atoms with Crippen molar-refractivity contribution in [2.75, 3.05) is 6.61 Å². The van der Waals surface area contributed by atoms with Gasteiger partial charge < -0.3 is 10.4 Å². The van der Waals surface area contributed by atoms with Gasteiger partial charge in [-0.3, -0.25) is 4.79 Å². The Bertz CT molecular complexity index is 437. The summed E-state index contributed by atoms with van der Waals surface area (Å²) in [6, 6.07) is 4.93. The summed E-state index contributed by atoms with van der Waals surface area (Å²) in [6.07, 6.45) is 1.21. The molecule has 100 valence electrons. The average molecular weight is 290 g/mol. The molecule has 1 rings (SSSR count). The first-order chi connectivity index (χ1) is 8.43. The van der Waals surface area contributed by atoms with Crippen LogP contribution in [0.25, 0.3) is 0 Å². The van der Waals surface area contributed by atoms with Crippen LogP contribution in [0.3, 0.4) is 0 Å². The van der Waals surface area contributed by atoms with Crippen LogP contribution in [0.4, 0.5) is 0 Å². The maximum absolute atomic E-state index is 12.1. The smallest absolute Gasteiger partial charge is 0.253 e. The summed E-state index contributed by atoms with van der Waals surface area (Å²) in [5, 5.41) is 12.5. The highest BCUT2D eigenvalue weighted by Crippen LogP contribution is 2.26. The Labute approximate surface area is 117 Å². The van der Waals surface area contributed by atoms with E-state index in [4.69, 9.17) is 28.3 Å². The molecule has 3 nitrogen and oxygen atoms in total. The van der Waals surface area contributed by atoms with E-state index < -0.39 is 5.54 Å². The lowest BCUT2D eigenvalue weighted by atomic mass is 9.94. The molecule has 0 spiro atoms. The van der Waals surface area contributed by atoms with E-state index in [0.29, 0.717) is 17.0 Å². The fraction of sp³-hybridized carbons (Fsp3) is 0.462. The minimum absolute atomic E-state index is 0.0217. The highest BCUT2D eigenvalue weighted by Gasteiger charge is 2.25. The summed E-state index contributed by atoms with van der Waals surface area (Å²) in [7, 11) is 0. The first-order valence-electron chi connectivity index (χ1n) is 5.81. The predicted molar refractivity (Wildman–Crippen MR) is 74.3 cm³/mol. The van der Waals surface area contributed by atoms with Gasteiger partial charge in [0.1, 0.15) is 0 Å². The first-order valence-corrected chi connectivity index (χ1v) is 6.56. The van der Waals surface area contributed by atoms with Crippen LogP contribution in [0.15, 0.2) is 18.2 Å². The summed E-state index contributed by atoms with van der Waals surface area (Å²) < 4.78 is 0. The fourth-order valence-corrected chi connectivity index (χ4v) is 1.98. The number of aliphatic hydroxyl groups excluding tert-OH is 1. The molecule has 1 unspecified atom stereocenters. The van der Waals surface area contributed by atoms with Gasteiger partial charge in [-0.05, 0) is 31.9 Å². The molecule has 0 aliphatic rings. The Kier molecular flexibility index (Phi) is 5.45. The molecule has 0 heterocycles. The average Bonchev–Trinajstić information content (AvgIpc) is 2.32. The zero-order valence-electron chi connectivity index (χ0n) is 10.5. The SMILES string of the molecule is CCC(C)(CCO)NC(=O)c1cccc(Cl)c1Cl. The van der Waals surface area contributed by atoms with Gasteiger partial charge in [-0.1, -0.05) is 36.2 Å². The van der Waals surface area contributed by atoms with Crippen LogP contribution in [-0.4, -0.2) is 23.2 Å². The van der Waals surface area contributed by atoms with E-state index in [9.17, 15) is 4.79 Å². The van der Waals surface area contributed by atoms with Gasteiger partial charge in [0.05, 0.1) is 15.6 Å². The lowest BCUT2D eigenvalue weighted by molar-refractivity contribution is 0.0886. The zero-order valence-corrected chi connectivity index (χ0v) is 12.0. The number of rotatable bonds is 5. The lowest BCUT2D eigenvalue weighted by Crippen LogP contribution is -2.46.